The highest BCUT2D eigenvalue weighted by Crippen LogP contribution is 2.39. The Morgan fingerprint density at radius 1 is 1.12 bits per heavy atom. The molecule has 1 fully saturated rings. The summed E-state index contributed by atoms with van der Waals surface area (Å²) in [4.78, 5) is 21.2. The Labute approximate surface area is 198 Å². The van der Waals surface area contributed by atoms with Gasteiger partial charge in [0.2, 0.25) is 11.6 Å². The van der Waals surface area contributed by atoms with Crippen LogP contribution in [0.2, 0.25) is 5.02 Å². The van der Waals surface area contributed by atoms with Crippen molar-refractivity contribution in [3.63, 3.8) is 0 Å². The second-order valence-electron chi connectivity index (χ2n) is 8.09. The van der Waals surface area contributed by atoms with Crippen LogP contribution in [-0.4, -0.2) is 28.0 Å². The van der Waals surface area contributed by atoms with Crippen molar-refractivity contribution >= 4 is 34.6 Å². The molecule has 0 radical (unpaired) electrons. The zero-order chi connectivity index (χ0) is 24.3. The zero-order valence-corrected chi connectivity index (χ0v) is 18.7. The molecule has 3 aromatic rings. The third kappa shape index (κ3) is 5.39. The number of nitro groups is 1. The molecule has 11 heteroatoms. The average molecular weight is 492 g/mol. The molecular formula is C23H21ClF3N5O2. The number of halogens is 4. The third-order valence-corrected chi connectivity index (χ3v) is 6.13. The van der Waals surface area contributed by atoms with Gasteiger partial charge >= 0.3 is 11.9 Å². The van der Waals surface area contributed by atoms with E-state index in [9.17, 15) is 23.3 Å². The van der Waals surface area contributed by atoms with E-state index in [1.807, 2.05) is 23.1 Å². The summed E-state index contributed by atoms with van der Waals surface area (Å²) < 4.78 is 39.6. The number of alkyl halides is 3. The smallest absolute Gasteiger partial charge is 0.351 e. The van der Waals surface area contributed by atoms with E-state index >= 15 is 0 Å². The first-order valence-corrected chi connectivity index (χ1v) is 11.0. The molecule has 1 aliphatic rings. The van der Waals surface area contributed by atoms with Crippen LogP contribution in [0.25, 0.3) is 0 Å². The third-order valence-electron chi connectivity index (χ3n) is 5.80. The van der Waals surface area contributed by atoms with Gasteiger partial charge in [0.15, 0.2) is 0 Å². The van der Waals surface area contributed by atoms with E-state index in [2.05, 4.69) is 27.4 Å². The Morgan fingerprint density at radius 3 is 2.47 bits per heavy atom. The van der Waals surface area contributed by atoms with Gasteiger partial charge in [0.1, 0.15) is 6.33 Å². The molecule has 0 atom stereocenters. The maximum absolute atomic E-state index is 13.2. The maximum atomic E-state index is 13.2. The van der Waals surface area contributed by atoms with Gasteiger partial charge in [-0.1, -0.05) is 41.9 Å². The van der Waals surface area contributed by atoms with Crippen LogP contribution in [0.4, 0.5) is 36.2 Å². The lowest BCUT2D eigenvalue weighted by Gasteiger charge is -2.32. The van der Waals surface area contributed by atoms with Crippen molar-refractivity contribution in [2.24, 2.45) is 5.92 Å². The fraction of sp³-hybridized carbons (Fsp3) is 0.304. The monoisotopic (exact) mass is 491 g/mol. The number of benzene rings is 2. The number of piperidine rings is 1. The molecule has 0 spiro atoms. The maximum Gasteiger partial charge on any atom is 0.417 e. The van der Waals surface area contributed by atoms with Gasteiger partial charge in [-0.2, -0.15) is 13.2 Å². The van der Waals surface area contributed by atoms with Gasteiger partial charge in [-0.05, 0) is 48.9 Å². The highest BCUT2D eigenvalue weighted by Gasteiger charge is 2.34. The second kappa shape index (κ2) is 9.84. The number of hydrogen-bond acceptors (Lipinski definition) is 6. The molecule has 0 amide bonds. The summed E-state index contributed by atoms with van der Waals surface area (Å²) in [7, 11) is 0. The molecule has 4 rings (SSSR count). The summed E-state index contributed by atoms with van der Waals surface area (Å²) in [5.41, 5.74) is -0.197. The lowest BCUT2D eigenvalue weighted by molar-refractivity contribution is -0.383. The summed E-state index contributed by atoms with van der Waals surface area (Å²) in [5, 5.41) is 14.1. The Balaban J connectivity index is 1.54. The van der Waals surface area contributed by atoms with Crippen molar-refractivity contribution < 1.29 is 18.1 Å². The normalized spacial score (nSPS) is 14.8. The average Bonchev–Trinajstić information content (AvgIpc) is 2.80. The summed E-state index contributed by atoms with van der Waals surface area (Å²) >= 11 is 5.67. The number of nitrogens with zero attached hydrogens (tertiary/aromatic N) is 4. The van der Waals surface area contributed by atoms with E-state index in [4.69, 9.17) is 11.6 Å². The van der Waals surface area contributed by atoms with Crippen LogP contribution in [0.3, 0.4) is 0 Å². The molecule has 1 N–H and O–H groups in total. The standard InChI is InChI=1S/C23H21ClF3N5O2/c24-19-7-6-17(13-18(19)23(25,26)27)30-21-20(32(33)34)22(29-14-28-21)31-10-8-16(9-11-31)12-15-4-2-1-3-5-15/h1-7,13-14,16H,8-12H2,(H,28,29,30). The van der Waals surface area contributed by atoms with Crippen molar-refractivity contribution in [3.8, 4) is 0 Å². The Bertz CT molecular complexity index is 1170. The number of nitrogens with one attached hydrogen (secondary N) is 1. The molecule has 0 unspecified atom stereocenters. The van der Waals surface area contributed by atoms with Gasteiger partial charge in [-0.3, -0.25) is 10.1 Å². The minimum absolute atomic E-state index is 0.0222. The quantitative estimate of drug-likeness (QED) is 0.323. The van der Waals surface area contributed by atoms with Crippen molar-refractivity contribution in [2.45, 2.75) is 25.4 Å². The molecule has 34 heavy (non-hydrogen) atoms. The number of aromatic nitrogens is 2. The highest BCUT2D eigenvalue weighted by molar-refractivity contribution is 6.31. The number of hydrogen-bond donors (Lipinski definition) is 1. The molecule has 1 saturated heterocycles. The summed E-state index contributed by atoms with van der Waals surface area (Å²) in [5.74, 6) is 0.412. The predicted octanol–water partition coefficient (Wildman–Crippen LogP) is 6.26. The molecule has 7 nitrogen and oxygen atoms in total. The van der Waals surface area contributed by atoms with Crippen molar-refractivity contribution in [2.75, 3.05) is 23.3 Å². The SMILES string of the molecule is O=[N+]([O-])c1c(Nc2ccc(Cl)c(C(F)(F)F)c2)ncnc1N1CCC(Cc2ccccc2)CC1. The predicted molar refractivity (Wildman–Crippen MR) is 124 cm³/mol. The van der Waals surface area contributed by atoms with Crippen LogP contribution in [0.5, 0.6) is 0 Å². The van der Waals surface area contributed by atoms with Gasteiger partial charge in [-0.25, -0.2) is 9.97 Å². The first-order chi connectivity index (χ1) is 16.2. The van der Waals surface area contributed by atoms with Crippen LogP contribution in [0.15, 0.2) is 54.9 Å². The fourth-order valence-electron chi connectivity index (χ4n) is 4.11. The van der Waals surface area contributed by atoms with E-state index in [1.165, 1.54) is 18.0 Å². The Morgan fingerprint density at radius 2 is 1.82 bits per heavy atom. The van der Waals surface area contributed by atoms with Crippen molar-refractivity contribution in [1.82, 2.24) is 9.97 Å². The van der Waals surface area contributed by atoms with Gasteiger partial charge < -0.3 is 10.2 Å². The van der Waals surface area contributed by atoms with E-state index in [0.29, 0.717) is 19.0 Å². The molecule has 0 bridgehead atoms. The Hall–Kier alpha value is -3.40. The van der Waals surface area contributed by atoms with E-state index < -0.39 is 21.7 Å². The molecule has 0 saturated carbocycles. The van der Waals surface area contributed by atoms with Crippen molar-refractivity contribution in [3.05, 3.63) is 81.1 Å². The van der Waals surface area contributed by atoms with Gasteiger partial charge in [0.25, 0.3) is 0 Å². The number of anilines is 3. The second-order valence-corrected chi connectivity index (χ2v) is 8.50. The van der Waals surface area contributed by atoms with Crippen LogP contribution in [0.1, 0.15) is 24.0 Å². The van der Waals surface area contributed by atoms with Gasteiger partial charge in [0, 0.05) is 18.8 Å². The largest absolute Gasteiger partial charge is 0.417 e. The van der Waals surface area contributed by atoms with Crippen molar-refractivity contribution in [1.29, 1.82) is 0 Å². The van der Waals surface area contributed by atoms with Crippen LogP contribution in [-0.2, 0) is 12.6 Å². The summed E-state index contributed by atoms with van der Waals surface area (Å²) in [6.45, 7) is 1.15. The molecular weight excluding hydrogens is 471 g/mol. The zero-order valence-electron chi connectivity index (χ0n) is 17.9. The molecule has 0 aliphatic carbocycles. The highest BCUT2D eigenvalue weighted by atomic mass is 35.5. The fourth-order valence-corrected chi connectivity index (χ4v) is 4.34. The topological polar surface area (TPSA) is 84.2 Å². The molecule has 2 heterocycles. The van der Waals surface area contributed by atoms with Crippen LogP contribution >= 0.6 is 11.6 Å². The van der Waals surface area contributed by atoms with E-state index in [-0.39, 0.29) is 23.0 Å². The van der Waals surface area contributed by atoms with E-state index in [1.54, 1.807) is 0 Å². The van der Waals surface area contributed by atoms with Gasteiger partial charge in [-0.15, -0.1) is 0 Å². The minimum atomic E-state index is -4.67. The molecule has 1 aromatic heterocycles. The molecule has 178 valence electrons. The molecule has 1 aliphatic heterocycles. The first kappa shape index (κ1) is 23.7. The summed E-state index contributed by atoms with van der Waals surface area (Å²) in [6, 6.07) is 13.3. The first-order valence-electron chi connectivity index (χ1n) is 10.6. The summed E-state index contributed by atoms with van der Waals surface area (Å²) in [6.07, 6.45) is -0.885. The van der Waals surface area contributed by atoms with Crippen LogP contribution < -0.4 is 10.2 Å². The Kier molecular flexibility index (Phi) is 6.87. The van der Waals surface area contributed by atoms with Crippen LogP contribution in [0, 0.1) is 16.0 Å². The van der Waals surface area contributed by atoms with E-state index in [0.717, 1.165) is 31.4 Å². The van der Waals surface area contributed by atoms with Gasteiger partial charge in [0.05, 0.1) is 15.5 Å². The lowest BCUT2D eigenvalue weighted by atomic mass is 9.90. The lowest BCUT2D eigenvalue weighted by Crippen LogP contribution is -2.35. The number of rotatable bonds is 6. The minimum Gasteiger partial charge on any atom is -0.351 e. The molecule has 2 aromatic carbocycles.